The molecule has 0 saturated carbocycles. The molecular weight excluding hydrogens is 248 g/mol. The van der Waals surface area contributed by atoms with Crippen LogP contribution in [0.15, 0.2) is 0 Å². The maximum atomic E-state index is 12.2. The molecule has 1 atom stereocenters. The van der Waals surface area contributed by atoms with Crippen molar-refractivity contribution in [3.63, 3.8) is 0 Å². The van der Waals surface area contributed by atoms with Crippen LogP contribution in [0, 0.1) is 5.92 Å². The van der Waals surface area contributed by atoms with Crippen LogP contribution in [0.3, 0.4) is 0 Å². The summed E-state index contributed by atoms with van der Waals surface area (Å²) in [4.78, 5) is 26.0. The van der Waals surface area contributed by atoms with Gasteiger partial charge in [-0.1, -0.05) is 0 Å². The lowest BCUT2D eigenvalue weighted by Crippen LogP contribution is -2.44. The highest BCUT2D eigenvalue weighted by atomic mass is 16.5. The normalized spacial score (nSPS) is 18.9. The van der Waals surface area contributed by atoms with Gasteiger partial charge in [0.1, 0.15) is 0 Å². The summed E-state index contributed by atoms with van der Waals surface area (Å²) in [6.07, 6.45) is 2.11. The highest BCUT2D eigenvalue weighted by molar-refractivity contribution is 5.75. The molecule has 6 nitrogen and oxygen atoms in total. The van der Waals surface area contributed by atoms with Gasteiger partial charge in [0.15, 0.2) is 0 Å². The van der Waals surface area contributed by atoms with E-state index in [1.165, 1.54) is 0 Å². The Bertz CT molecular complexity index is 303. The van der Waals surface area contributed by atoms with Gasteiger partial charge in [-0.15, -0.1) is 0 Å². The van der Waals surface area contributed by atoms with Gasteiger partial charge in [-0.05, 0) is 19.8 Å². The van der Waals surface area contributed by atoms with E-state index >= 15 is 0 Å². The third-order valence-corrected chi connectivity index (χ3v) is 3.36. The molecule has 1 N–H and O–H groups in total. The van der Waals surface area contributed by atoms with E-state index < -0.39 is 5.97 Å². The van der Waals surface area contributed by atoms with E-state index in [0.717, 1.165) is 19.4 Å². The summed E-state index contributed by atoms with van der Waals surface area (Å²) in [6.45, 7) is 4.83. The van der Waals surface area contributed by atoms with E-state index in [0.29, 0.717) is 25.6 Å². The highest BCUT2D eigenvalue weighted by Crippen LogP contribution is 2.15. The monoisotopic (exact) mass is 272 g/mol. The summed E-state index contributed by atoms with van der Waals surface area (Å²) < 4.78 is 5.40. The van der Waals surface area contributed by atoms with Gasteiger partial charge in [-0.25, -0.2) is 4.79 Å². The lowest BCUT2D eigenvalue weighted by Gasteiger charge is -2.31. The number of aliphatic carboxylic acids is 1. The Balaban J connectivity index is 2.41. The molecule has 6 heteroatoms. The molecule has 110 valence electrons. The molecule has 0 aliphatic carbocycles. The Labute approximate surface area is 114 Å². The molecule has 1 fully saturated rings. The van der Waals surface area contributed by atoms with Crippen molar-refractivity contribution in [3.05, 3.63) is 0 Å². The Morgan fingerprint density at radius 3 is 2.68 bits per heavy atom. The third kappa shape index (κ3) is 5.46. The first-order valence-corrected chi connectivity index (χ1v) is 6.84. The number of carboxylic acid groups (broad SMARTS) is 1. The zero-order valence-electron chi connectivity index (χ0n) is 11.8. The van der Waals surface area contributed by atoms with Crippen LogP contribution in [0.4, 0.5) is 4.79 Å². The third-order valence-electron chi connectivity index (χ3n) is 3.36. The van der Waals surface area contributed by atoms with Crippen LogP contribution in [-0.4, -0.2) is 66.8 Å². The second-order valence-corrected chi connectivity index (χ2v) is 4.97. The second kappa shape index (κ2) is 7.99. The van der Waals surface area contributed by atoms with Crippen LogP contribution in [-0.2, 0) is 9.53 Å². The summed E-state index contributed by atoms with van der Waals surface area (Å²) in [5.74, 6) is -0.490. The van der Waals surface area contributed by atoms with Gasteiger partial charge in [0.2, 0.25) is 0 Å². The van der Waals surface area contributed by atoms with Crippen LogP contribution in [0.5, 0.6) is 0 Å². The van der Waals surface area contributed by atoms with Crippen molar-refractivity contribution >= 4 is 12.0 Å². The van der Waals surface area contributed by atoms with Crippen molar-refractivity contribution in [3.8, 4) is 0 Å². The van der Waals surface area contributed by atoms with Crippen molar-refractivity contribution in [2.75, 3.05) is 39.9 Å². The molecule has 1 saturated heterocycles. The molecular formula is C13H24N2O4. The van der Waals surface area contributed by atoms with Crippen molar-refractivity contribution in [2.24, 2.45) is 5.92 Å². The van der Waals surface area contributed by atoms with E-state index in [2.05, 4.69) is 0 Å². The van der Waals surface area contributed by atoms with Gasteiger partial charge in [-0.2, -0.15) is 0 Å². The van der Waals surface area contributed by atoms with E-state index in [1.54, 1.807) is 16.8 Å². The standard InChI is InChI=1S/C13H24N2O4/c1-3-15(7-6-12(16)17)13(18)14(2)9-11-5-4-8-19-10-11/h11H,3-10H2,1-2H3,(H,16,17). The predicted octanol–water partition coefficient (Wildman–Crippen LogP) is 1.26. The largest absolute Gasteiger partial charge is 0.481 e. The fraction of sp³-hybridized carbons (Fsp3) is 0.846. The first-order chi connectivity index (χ1) is 9.04. The second-order valence-electron chi connectivity index (χ2n) is 4.97. The first kappa shape index (κ1) is 15.8. The number of carbonyl (C=O) groups excluding carboxylic acids is 1. The molecule has 1 heterocycles. The van der Waals surface area contributed by atoms with Gasteiger partial charge in [0.25, 0.3) is 0 Å². The summed E-state index contributed by atoms with van der Waals surface area (Å²) in [5, 5.41) is 8.67. The molecule has 0 aromatic carbocycles. The smallest absolute Gasteiger partial charge is 0.319 e. The van der Waals surface area contributed by atoms with Gasteiger partial charge in [0, 0.05) is 39.2 Å². The van der Waals surface area contributed by atoms with Gasteiger partial charge >= 0.3 is 12.0 Å². The molecule has 0 aromatic rings. The molecule has 0 radical (unpaired) electrons. The molecule has 1 aliphatic heterocycles. The molecule has 0 bridgehead atoms. The number of nitrogens with zero attached hydrogens (tertiary/aromatic N) is 2. The SMILES string of the molecule is CCN(CCC(=O)O)C(=O)N(C)CC1CCCOC1. The fourth-order valence-electron chi connectivity index (χ4n) is 2.28. The molecule has 0 aromatic heterocycles. The number of urea groups is 1. The maximum absolute atomic E-state index is 12.2. The van der Waals surface area contributed by atoms with Crippen molar-refractivity contribution in [2.45, 2.75) is 26.2 Å². The minimum atomic E-state index is -0.880. The quantitative estimate of drug-likeness (QED) is 0.790. The summed E-state index contributed by atoms with van der Waals surface area (Å²) >= 11 is 0. The number of carboxylic acids is 1. The van der Waals surface area contributed by atoms with Crippen molar-refractivity contribution < 1.29 is 19.4 Å². The summed E-state index contributed by atoms with van der Waals surface area (Å²) in [5.41, 5.74) is 0. The lowest BCUT2D eigenvalue weighted by atomic mass is 10.0. The average Bonchev–Trinajstić information content (AvgIpc) is 2.40. The number of hydrogen-bond donors (Lipinski definition) is 1. The number of hydrogen-bond acceptors (Lipinski definition) is 3. The van der Waals surface area contributed by atoms with E-state index in [4.69, 9.17) is 9.84 Å². The van der Waals surface area contributed by atoms with E-state index in [1.807, 2.05) is 6.92 Å². The molecule has 2 amide bonds. The van der Waals surface area contributed by atoms with E-state index in [-0.39, 0.29) is 19.0 Å². The van der Waals surface area contributed by atoms with Gasteiger partial charge in [0.05, 0.1) is 13.0 Å². The minimum Gasteiger partial charge on any atom is -0.481 e. The topological polar surface area (TPSA) is 70.1 Å². The van der Waals surface area contributed by atoms with Crippen LogP contribution < -0.4 is 0 Å². The Morgan fingerprint density at radius 1 is 1.42 bits per heavy atom. The van der Waals surface area contributed by atoms with Crippen LogP contribution in [0.2, 0.25) is 0 Å². The minimum absolute atomic E-state index is 0.0139. The van der Waals surface area contributed by atoms with E-state index in [9.17, 15) is 9.59 Å². The Kier molecular flexibility index (Phi) is 6.62. The number of amides is 2. The molecule has 1 rings (SSSR count). The predicted molar refractivity (Wildman–Crippen MR) is 71.1 cm³/mol. The number of rotatable bonds is 6. The zero-order valence-corrected chi connectivity index (χ0v) is 11.8. The Hall–Kier alpha value is -1.30. The first-order valence-electron chi connectivity index (χ1n) is 6.84. The highest BCUT2D eigenvalue weighted by Gasteiger charge is 2.22. The zero-order chi connectivity index (χ0) is 14.3. The number of ether oxygens (including phenoxy) is 1. The molecule has 19 heavy (non-hydrogen) atoms. The molecule has 1 unspecified atom stereocenters. The lowest BCUT2D eigenvalue weighted by molar-refractivity contribution is -0.137. The fourth-order valence-corrected chi connectivity index (χ4v) is 2.28. The average molecular weight is 272 g/mol. The van der Waals surface area contributed by atoms with Crippen molar-refractivity contribution in [1.82, 2.24) is 9.80 Å². The van der Waals surface area contributed by atoms with Gasteiger partial charge in [-0.3, -0.25) is 4.79 Å². The molecule has 0 spiro atoms. The van der Waals surface area contributed by atoms with Crippen LogP contribution >= 0.6 is 0 Å². The van der Waals surface area contributed by atoms with Gasteiger partial charge < -0.3 is 19.6 Å². The molecule has 1 aliphatic rings. The van der Waals surface area contributed by atoms with Crippen molar-refractivity contribution in [1.29, 1.82) is 0 Å². The number of carbonyl (C=O) groups is 2. The van der Waals surface area contributed by atoms with Crippen LogP contribution in [0.25, 0.3) is 0 Å². The summed E-state index contributed by atoms with van der Waals surface area (Å²) in [6, 6.07) is -0.102. The van der Waals surface area contributed by atoms with Crippen LogP contribution in [0.1, 0.15) is 26.2 Å². The summed E-state index contributed by atoms with van der Waals surface area (Å²) in [7, 11) is 1.76. The Morgan fingerprint density at radius 2 is 2.16 bits per heavy atom. The maximum Gasteiger partial charge on any atom is 0.319 e.